The topological polar surface area (TPSA) is 346 Å². The van der Waals surface area contributed by atoms with Crippen molar-refractivity contribution in [2.45, 2.75) is 186 Å². The van der Waals surface area contributed by atoms with Crippen molar-refractivity contribution in [2.75, 3.05) is 25.5 Å². The van der Waals surface area contributed by atoms with Crippen molar-refractivity contribution in [1.82, 2.24) is 37.4 Å². The van der Waals surface area contributed by atoms with Crippen LogP contribution in [0.1, 0.15) is 125 Å². The second kappa shape index (κ2) is 32.2. The number of urea groups is 1. The first-order valence-corrected chi connectivity index (χ1v) is 27.1. The summed E-state index contributed by atoms with van der Waals surface area (Å²) in [4.78, 5) is 112. The molecular formula is C55H83N9O15. The van der Waals surface area contributed by atoms with Gasteiger partial charge in [0.2, 0.25) is 35.4 Å². The summed E-state index contributed by atoms with van der Waals surface area (Å²) in [6.45, 7) is 12.7. The molecule has 24 nitrogen and oxygen atoms in total. The number of allylic oxidation sites excluding steroid dienone is 2. The van der Waals surface area contributed by atoms with Gasteiger partial charge in [-0.15, -0.1) is 0 Å². The first-order chi connectivity index (χ1) is 37.5. The predicted octanol–water partition coefficient (Wildman–Crippen LogP) is 3.03. The molecule has 0 aromatic heterocycles. The number of carbonyl (C=O) groups is 9. The number of primary amides is 1. The number of hydrazine groups is 1. The van der Waals surface area contributed by atoms with Crippen LogP contribution in [0, 0.1) is 11.8 Å². The smallest absolute Gasteiger partial charge is 0.426 e. The summed E-state index contributed by atoms with van der Waals surface area (Å²) >= 11 is 0. The fourth-order valence-corrected chi connectivity index (χ4v) is 9.07. The maximum atomic E-state index is 13.6. The summed E-state index contributed by atoms with van der Waals surface area (Å²) in [5.41, 5.74) is 10.7. The number of aliphatic hydroxyl groups is 1. The average Bonchev–Trinajstić information content (AvgIpc) is 4.29. The van der Waals surface area contributed by atoms with Crippen molar-refractivity contribution >= 4 is 59.2 Å². The van der Waals surface area contributed by atoms with Gasteiger partial charge in [-0.1, -0.05) is 63.1 Å². The zero-order chi connectivity index (χ0) is 58.2. The molecule has 3 heterocycles. The third-order valence-electron chi connectivity index (χ3n) is 13.7. The van der Waals surface area contributed by atoms with Crippen LogP contribution < -0.4 is 48.5 Å². The molecule has 1 aromatic carbocycles. The van der Waals surface area contributed by atoms with E-state index in [9.17, 15) is 48.3 Å². The van der Waals surface area contributed by atoms with Gasteiger partial charge in [-0.05, 0) is 94.9 Å². The lowest BCUT2D eigenvalue weighted by Gasteiger charge is -2.39. The molecule has 4 rings (SSSR count). The van der Waals surface area contributed by atoms with E-state index in [4.69, 9.17) is 29.4 Å². The first-order valence-electron chi connectivity index (χ1n) is 27.1. The highest BCUT2D eigenvalue weighted by molar-refractivity contribution is 5.98. The van der Waals surface area contributed by atoms with Crippen molar-refractivity contribution in [1.29, 1.82) is 0 Å². The molecule has 3 fully saturated rings. The summed E-state index contributed by atoms with van der Waals surface area (Å²) in [5, 5.41) is 27.4. The Bertz CT molecular complexity index is 2340. The number of benzene rings is 1. The number of amides is 9. The number of carbonyl (C=O) groups excluding carboxylic acids is 9. The van der Waals surface area contributed by atoms with E-state index in [1.165, 1.54) is 19.1 Å². The number of ether oxygens (including phenoxy) is 5. The molecule has 11 N–H and O–H groups in total. The molecule has 3 aliphatic heterocycles. The molecule has 438 valence electrons. The Morgan fingerprint density at radius 2 is 1.57 bits per heavy atom. The number of nitrogens with two attached hydrogens (primary N) is 1. The number of esters is 1. The molecule has 3 saturated heterocycles. The molecule has 0 unspecified atom stereocenters. The van der Waals surface area contributed by atoms with Crippen LogP contribution in [0.25, 0.3) is 0 Å². The highest BCUT2D eigenvalue weighted by atomic mass is 16.6. The van der Waals surface area contributed by atoms with E-state index in [-0.39, 0.29) is 93.1 Å². The van der Waals surface area contributed by atoms with E-state index in [1.54, 1.807) is 58.2 Å². The Morgan fingerprint density at radius 3 is 2.22 bits per heavy atom. The van der Waals surface area contributed by atoms with Gasteiger partial charge >= 0.3 is 18.1 Å². The van der Waals surface area contributed by atoms with Crippen molar-refractivity contribution in [3.63, 3.8) is 0 Å². The number of aliphatic hydroxyl groups excluding tert-OH is 1. The number of anilines is 1. The maximum absolute atomic E-state index is 13.6. The van der Waals surface area contributed by atoms with Crippen LogP contribution >= 0.6 is 0 Å². The monoisotopic (exact) mass is 1110 g/mol. The molecule has 24 heteroatoms. The molecule has 1 spiro atoms. The number of epoxide rings is 1. The van der Waals surface area contributed by atoms with Crippen LogP contribution in [0.4, 0.5) is 15.3 Å². The van der Waals surface area contributed by atoms with E-state index in [0.717, 1.165) is 5.57 Å². The van der Waals surface area contributed by atoms with Gasteiger partial charge in [-0.2, -0.15) is 0 Å². The minimum atomic E-state index is -1.06. The van der Waals surface area contributed by atoms with Crippen LogP contribution in [0.15, 0.2) is 60.2 Å². The van der Waals surface area contributed by atoms with Gasteiger partial charge in [0.15, 0.2) is 0 Å². The fourth-order valence-electron chi connectivity index (χ4n) is 9.07. The molecule has 1 aromatic rings. The van der Waals surface area contributed by atoms with E-state index >= 15 is 0 Å². The lowest BCUT2D eigenvalue weighted by Crippen LogP contribution is -2.54. The summed E-state index contributed by atoms with van der Waals surface area (Å²) in [6.07, 6.45) is 8.41. The van der Waals surface area contributed by atoms with Gasteiger partial charge in [0.05, 0.1) is 37.4 Å². The second-order valence-corrected chi connectivity index (χ2v) is 20.8. The predicted molar refractivity (Wildman–Crippen MR) is 290 cm³/mol. The average molecular weight is 1110 g/mol. The first kappa shape index (κ1) is 64.6. The molecule has 9 amide bonds. The number of hydrogen-bond donors (Lipinski definition) is 10. The largest absolute Gasteiger partial charge is 0.459 e. The van der Waals surface area contributed by atoms with E-state index in [1.807, 2.05) is 26.0 Å². The van der Waals surface area contributed by atoms with Gasteiger partial charge in [-0.3, -0.25) is 39.0 Å². The molecule has 0 radical (unpaired) electrons. The van der Waals surface area contributed by atoms with Crippen molar-refractivity contribution in [3.05, 3.63) is 65.8 Å². The molecule has 0 aliphatic carbocycles. The second-order valence-electron chi connectivity index (χ2n) is 20.8. The van der Waals surface area contributed by atoms with Gasteiger partial charge < -0.3 is 66.4 Å². The van der Waals surface area contributed by atoms with E-state index in [2.05, 4.69) is 49.7 Å². The number of hydrogen-bond acceptors (Lipinski definition) is 15. The molecular weight excluding hydrogens is 1030 g/mol. The molecule has 0 saturated carbocycles. The molecule has 3 aliphatic rings. The fraction of sp³-hybridized carbons (Fsp3) is 0.618. The summed E-state index contributed by atoms with van der Waals surface area (Å²) in [6, 6.07) is 3.40. The maximum Gasteiger partial charge on any atom is 0.426 e. The van der Waals surface area contributed by atoms with Gasteiger partial charge in [0.25, 0.3) is 0 Å². The van der Waals surface area contributed by atoms with Crippen LogP contribution in [-0.4, -0.2) is 139 Å². The Morgan fingerprint density at radius 1 is 0.873 bits per heavy atom. The lowest BCUT2D eigenvalue weighted by atomic mass is 9.87. The zero-order valence-electron chi connectivity index (χ0n) is 46.7. The molecule has 79 heavy (non-hydrogen) atoms. The Kier molecular flexibility index (Phi) is 26.4. The minimum Gasteiger partial charge on any atom is -0.459 e. The summed E-state index contributed by atoms with van der Waals surface area (Å²) in [5.74, 6) is -3.03. The van der Waals surface area contributed by atoms with Crippen molar-refractivity contribution in [3.8, 4) is 0 Å². The quantitative estimate of drug-likeness (QED) is 0.0144. The third kappa shape index (κ3) is 23.2. The van der Waals surface area contributed by atoms with E-state index in [0.29, 0.717) is 56.4 Å². The van der Waals surface area contributed by atoms with Gasteiger partial charge in [0, 0.05) is 51.5 Å². The van der Waals surface area contributed by atoms with Crippen LogP contribution in [0.2, 0.25) is 0 Å². The minimum absolute atomic E-state index is 0.0780. The normalized spacial score (nSPS) is 23.9. The lowest BCUT2D eigenvalue weighted by molar-refractivity contribution is -0.146. The zero-order valence-corrected chi connectivity index (χ0v) is 46.7. The summed E-state index contributed by atoms with van der Waals surface area (Å²) < 4.78 is 28.4. The van der Waals surface area contributed by atoms with Crippen LogP contribution in [0.5, 0.6) is 0 Å². The van der Waals surface area contributed by atoms with Crippen molar-refractivity contribution in [2.24, 2.45) is 17.6 Å². The van der Waals surface area contributed by atoms with Crippen LogP contribution in [0.3, 0.4) is 0 Å². The van der Waals surface area contributed by atoms with Gasteiger partial charge in [-0.25, -0.2) is 15.0 Å². The molecule has 0 bridgehead atoms. The number of rotatable bonds is 28. The third-order valence-corrected chi connectivity index (χ3v) is 13.7. The summed E-state index contributed by atoms with van der Waals surface area (Å²) in [7, 11) is 1.56. The molecule has 11 atom stereocenters. The van der Waals surface area contributed by atoms with Crippen molar-refractivity contribution < 1.29 is 71.9 Å². The SMILES string of the molecule is CNC(=O)CCCCCC(=O)N[C@H](C(=O)N[C@@H](CCCNC(N)=O)C(=O)Nc1ccc(COC(=O)NNC(=O)C[C@@H]2C[C@@]3(CO3)[C@H](O)[C@@H](/C=C/C(C)=C/C[C@@H]3O[C@H](C)[C@H](NC(=O)/C=C\[C@H](C)OC(C)=O)C[C@@H]3C)O2)cc1)C(C)C. The Labute approximate surface area is 462 Å². The highest BCUT2D eigenvalue weighted by Crippen LogP contribution is 2.43. The highest BCUT2D eigenvalue weighted by Gasteiger charge is 2.58. The standard InChI is InChI=1S/C55H83N9O15/c1-32(2)49(62-46(67)15-11-9-10-14-45(66)57-8)52(72)61-41(13-12-26-58-53(56)73)51(71)59-39-21-19-38(20-22-39)30-75-54(74)64-63-48(69)28-40-29-55(31-76-55)50(70)44(79-40)24-17-33(3)16-23-43-34(4)27-42(36(6)78-43)60-47(68)25-18-35(5)77-37(7)65/h16-22,24-25,32,34-36,40-44,49-50,70H,9-15,23,26-31H2,1-8H3,(H,57,66)(H,59,71)(H,60,68)(H,61,72)(H,62,67)(H,63,69)(H,64,74)(H3,56,58,73)/b24-17+,25-18-,33-16+/t34-,35-,36+,40+,41-,42+,43-,44+,49-,50+,55+/m0/s1. The Hall–Kier alpha value is -6.89. The van der Waals surface area contributed by atoms with Gasteiger partial charge in [0.1, 0.15) is 42.6 Å². The number of nitrogens with one attached hydrogen (secondary N) is 8. The van der Waals surface area contributed by atoms with Crippen LogP contribution in [-0.2, 0) is 63.9 Å². The number of unbranched alkanes of at least 4 members (excludes halogenated alkanes) is 2. The Balaban J connectivity index is 1.21. The van der Waals surface area contributed by atoms with E-state index < -0.39 is 77.9 Å².